The third kappa shape index (κ3) is 15.1. The zero-order valence-electron chi connectivity index (χ0n) is 44.5. The number of nitrogens with one attached hydrogen (secondary N) is 3. The smallest absolute Gasteiger partial charge is 0.407 e. The van der Waals surface area contributed by atoms with Gasteiger partial charge in [0.25, 0.3) is 0 Å². The molecule has 6 N–H and O–H groups in total. The molecule has 21 heteroatoms. The number of benzene rings is 4. The Bertz CT molecular complexity index is 2530. The van der Waals surface area contributed by atoms with Crippen LogP contribution >= 0.6 is 0 Å². The molecule has 4 fully saturated rings. The van der Waals surface area contributed by atoms with Crippen LogP contribution in [0.2, 0.25) is 18.1 Å². The molecule has 3 amide bonds. The zero-order chi connectivity index (χ0) is 55.4. The number of alkyl carbamates (subject to hydrolysis) is 3. The average molecular weight is 1100 g/mol. The van der Waals surface area contributed by atoms with Crippen LogP contribution in [0.1, 0.15) is 55.7 Å². The molecule has 8 rings (SSSR count). The SMILES string of the molecule is C=CCOC1C(OC2C(O)C(NC(=O)OCc3ccccc3)CC(NC(=O)OCc3ccccc3)C2OC2OC3COC(c4ccccc4)OC3C(O)C2NC(=O)OCc2ccccc2)OC(CO[Si](C)(C)C(C)(C)C)C1O. The van der Waals surface area contributed by atoms with E-state index in [2.05, 4.69) is 56.4 Å². The second-order valence-electron chi connectivity index (χ2n) is 21.2. The number of hydrogen-bond acceptors (Lipinski definition) is 17. The van der Waals surface area contributed by atoms with Gasteiger partial charge in [-0.1, -0.05) is 148 Å². The molecular formula is C57H73N3O17Si. The summed E-state index contributed by atoms with van der Waals surface area (Å²) in [7, 11) is -2.39. The normalized spacial score (nSPS) is 30.0. The Morgan fingerprint density at radius 2 is 1.15 bits per heavy atom. The van der Waals surface area contributed by atoms with Crippen molar-refractivity contribution >= 4 is 26.6 Å². The van der Waals surface area contributed by atoms with Crippen molar-refractivity contribution in [3.63, 3.8) is 0 Å². The molecule has 3 heterocycles. The highest BCUT2D eigenvalue weighted by atomic mass is 28.4. The number of rotatable bonds is 20. The fourth-order valence-corrected chi connectivity index (χ4v) is 10.3. The third-order valence-electron chi connectivity index (χ3n) is 14.6. The molecule has 0 spiro atoms. The Hall–Kier alpha value is -5.79. The van der Waals surface area contributed by atoms with Crippen molar-refractivity contribution in [3.05, 3.63) is 156 Å². The van der Waals surface area contributed by atoms with Crippen LogP contribution in [0.15, 0.2) is 134 Å². The van der Waals surface area contributed by atoms with Crippen molar-refractivity contribution in [2.45, 2.75) is 157 Å². The van der Waals surface area contributed by atoms with Gasteiger partial charge in [-0.05, 0) is 41.2 Å². The summed E-state index contributed by atoms with van der Waals surface area (Å²) < 4.78 is 68.8. The first kappa shape index (κ1) is 58.4. The Morgan fingerprint density at radius 3 is 1.69 bits per heavy atom. The monoisotopic (exact) mass is 1100 g/mol. The fourth-order valence-electron chi connectivity index (χ4n) is 9.31. The third-order valence-corrected chi connectivity index (χ3v) is 19.1. The molecule has 0 bridgehead atoms. The van der Waals surface area contributed by atoms with Crippen LogP contribution in [0, 0.1) is 0 Å². The Morgan fingerprint density at radius 1 is 0.641 bits per heavy atom. The summed E-state index contributed by atoms with van der Waals surface area (Å²) in [5.41, 5.74) is 2.76. The molecule has 3 aliphatic heterocycles. The first-order valence-corrected chi connectivity index (χ1v) is 29.1. The van der Waals surface area contributed by atoms with Crippen LogP contribution in [0.5, 0.6) is 0 Å². The topological polar surface area (TPSA) is 250 Å². The molecule has 15 atom stereocenters. The van der Waals surface area contributed by atoms with Crippen LogP contribution in [0.3, 0.4) is 0 Å². The van der Waals surface area contributed by atoms with Gasteiger partial charge in [-0.3, -0.25) is 0 Å². The Kier molecular flexibility index (Phi) is 20.1. The molecule has 3 saturated heterocycles. The van der Waals surface area contributed by atoms with Gasteiger partial charge in [0.15, 0.2) is 27.2 Å². The molecule has 15 unspecified atom stereocenters. The van der Waals surface area contributed by atoms with Crippen LogP contribution in [0.4, 0.5) is 14.4 Å². The summed E-state index contributed by atoms with van der Waals surface area (Å²) in [5, 5.41) is 45.1. The highest BCUT2D eigenvalue weighted by Gasteiger charge is 2.57. The van der Waals surface area contributed by atoms with Crippen molar-refractivity contribution < 1.29 is 81.5 Å². The maximum Gasteiger partial charge on any atom is 0.407 e. The lowest BCUT2D eigenvalue weighted by atomic mass is 9.83. The number of fused-ring (bicyclic) bond motifs is 1. The molecule has 4 aliphatic rings. The molecule has 1 saturated carbocycles. The standard InChI is InChI=1S/C57H73N3O17Si/c1-7-28-67-50-45(62)41(34-72-78(5,6)57(2,3)4)73-53(50)77-49-44(61)39(58-54(64)69-30-35-20-12-8-13-21-35)29-40(59-55(65)70-31-36-22-14-9-15-23-36)47(49)75-52-43(60-56(66)71-32-37-24-16-10-17-25-37)46(63)48-42(74-52)33-68-51(76-48)38-26-18-11-19-27-38/h7-27,39-53,61-63H,1,28-34H2,2-6H3,(H,58,64)(H,59,65)(H,60,66). The van der Waals surface area contributed by atoms with Gasteiger partial charge in [-0.2, -0.15) is 0 Å². The lowest BCUT2D eigenvalue weighted by Crippen LogP contribution is -2.71. The lowest BCUT2D eigenvalue weighted by Gasteiger charge is -2.51. The average Bonchev–Trinajstić information content (AvgIpc) is 3.80. The molecule has 1 aliphatic carbocycles. The molecule has 4 aromatic rings. The van der Waals surface area contributed by atoms with Gasteiger partial charge in [0.05, 0.1) is 31.9 Å². The molecular weight excluding hydrogens is 1030 g/mol. The summed E-state index contributed by atoms with van der Waals surface area (Å²) >= 11 is 0. The molecule has 0 aromatic heterocycles. The van der Waals surface area contributed by atoms with Gasteiger partial charge in [-0.25, -0.2) is 14.4 Å². The molecule has 422 valence electrons. The Labute approximate surface area is 455 Å². The quantitative estimate of drug-likeness (QED) is 0.0323. The number of aliphatic hydroxyl groups excluding tert-OH is 3. The summed E-state index contributed by atoms with van der Waals surface area (Å²) in [5.74, 6) is 0. The maximum absolute atomic E-state index is 14.0. The molecule has 4 aromatic carbocycles. The highest BCUT2D eigenvalue weighted by Crippen LogP contribution is 2.40. The number of carbonyl (C=O) groups is 3. The highest BCUT2D eigenvalue weighted by molar-refractivity contribution is 6.74. The van der Waals surface area contributed by atoms with Gasteiger partial charge in [-0.15, -0.1) is 6.58 Å². The van der Waals surface area contributed by atoms with Crippen LogP contribution in [-0.2, 0) is 71.6 Å². The first-order valence-electron chi connectivity index (χ1n) is 26.2. The minimum atomic E-state index is -2.39. The summed E-state index contributed by atoms with van der Waals surface area (Å²) in [6, 6.07) is 32.1. The van der Waals surface area contributed by atoms with E-state index in [0.717, 1.165) is 0 Å². The van der Waals surface area contributed by atoms with Gasteiger partial charge < -0.3 is 83.1 Å². The number of carbonyl (C=O) groups excluding carboxylic acids is 3. The van der Waals surface area contributed by atoms with E-state index < -0.39 is 119 Å². The fraction of sp³-hybridized carbons (Fsp3) is 0.491. The molecule has 20 nitrogen and oxygen atoms in total. The number of ether oxygens (including phenoxy) is 10. The van der Waals surface area contributed by atoms with E-state index >= 15 is 0 Å². The van der Waals surface area contributed by atoms with Crippen LogP contribution in [0.25, 0.3) is 0 Å². The van der Waals surface area contributed by atoms with E-state index in [1.807, 2.05) is 48.5 Å². The minimum Gasteiger partial charge on any atom is -0.445 e. The number of aliphatic hydroxyl groups is 3. The maximum atomic E-state index is 14.0. The van der Waals surface area contributed by atoms with Gasteiger partial charge in [0, 0.05) is 5.56 Å². The van der Waals surface area contributed by atoms with Crippen molar-refractivity contribution in [2.75, 3.05) is 19.8 Å². The molecule has 78 heavy (non-hydrogen) atoms. The van der Waals surface area contributed by atoms with E-state index in [1.165, 1.54) is 6.08 Å². The van der Waals surface area contributed by atoms with Gasteiger partial charge in [0.1, 0.15) is 80.8 Å². The van der Waals surface area contributed by atoms with Crippen molar-refractivity contribution in [1.29, 1.82) is 0 Å². The number of hydrogen-bond donors (Lipinski definition) is 6. The van der Waals surface area contributed by atoms with E-state index in [9.17, 15) is 29.7 Å². The van der Waals surface area contributed by atoms with Crippen molar-refractivity contribution in [3.8, 4) is 0 Å². The molecule has 0 radical (unpaired) electrons. The predicted molar refractivity (Wildman–Crippen MR) is 283 cm³/mol. The lowest BCUT2D eigenvalue weighted by molar-refractivity contribution is -0.358. The summed E-state index contributed by atoms with van der Waals surface area (Å²) in [6.45, 7) is 13.6. The van der Waals surface area contributed by atoms with Crippen molar-refractivity contribution in [1.82, 2.24) is 16.0 Å². The van der Waals surface area contributed by atoms with E-state index in [-0.39, 0.29) is 51.1 Å². The Balaban J connectivity index is 1.14. The summed E-state index contributed by atoms with van der Waals surface area (Å²) in [6.07, 6.45) is -17.5. The second-order valence-corrected chi connectivity index (χ2v) is 26.0. The van der Waals surface area contributed by atoms with Gasteiger partial charge >= 0.3 is 18.3 Å². The zero-order valence-corrected chi connectivity index (χ0v) is 45.5. The second kappa shape index (κ2) is 26.9. The summed E-state index contributed by atoms with van der Waals surface area (Å²) in [4.78, 5) is 41.5. The first-order chi connectivity index (χ1) is 37.5. The van der Waals surface area contributed by atoms with E-state index in [4.69, 9.17) is 51.8 Å². The van der Waals surface area contributed by atoms with E-state index in [1.54, 1.807) is 72.8 Å². The number of amides is 3. The minimum absolute atomic E-state index is 0.0349. The predicted octanol–water partition coefficient (Wildman–Crippen LogP) is 6.29. The largest absolute Gasteiger partial charge is 0.445 e. The van der Waals surface area contributed by atoms with E-state index in [0.29, 0.717) is 22.3 Å². The van der Waals surface area contributed by atoms with Crippen LogP contribution < -0.4 is 16.0 Å². The van der Waals surface area contributed by atoms with Crippen LogP contribution in [-0.4, -0.2) is 147 Å². The van der Waals surface area contributed by atoms with Gasteiger partial charge in [0.2, 0.25) is 0 Å². The van der Waals surface area contributed by atoms with Crippen molar-refractivity contribution in [2.24, 2.45) is 0 Å².